The molecule has 0 spiro atoms. The van der Waals surface area contributed by atoms with Crippen LogP contribution in [0.3, 0.4) is 0 Å². The summed E-state index contributed by atoms with van der Waals surface area (Å²) in [5.74, 6) is 0. The van der Waals surface area contributed by atoms with E-state index in [1.165, 1.54) is 25.7 Å². The van der Waals surface area contributed by atoms with Crippen molar-refractivity contribution in [3.8, 4) is 0 Å². The van der Waals surface area contributed by atoms with Crippen LogP contribution in [-0.2, 0) is 0 Å². The Balaban J connectivity index is 2.65. The average molecular weight is 369 g/mol. The van der Waals surface area contributed by atoms with E-state index in [9.17, 15) is 0 Å². The van der Waals surface area contributed by atoms with Crippen LogP contribution in [0.15, 0.2) is 0 Å². The Morgan fingerprint density at radius 1 is 0.700 bits per heavy atom. The molecule has 10 heavy (non-hydrogen) atoms. The maximum atomic E-state index is 2.41. The quantitative estimate of drug-likeness (QED) is 0.478. The summed E-state index contributed by atoms with van der Waals surface area (Å²) in [6.07, 6.45) is 6.10. The molecule has 0 aliphatic carbocycles. The first-order chi connectivity index (χ1) is 4.91. The topological polar surface area (TPSA) is 0 Å². The van der Waals surface area contributed by atoms with Gasteiger partial charge in [-0.1, -0.05) is 0 Å². The minimum atomic E-state index is 0.446. The molecule has 0 heterocycles. The van der Waals surface area contributed by atoms with E-state index in [2.05, 4.69) is 9.94 Å². The normalized spacial score (nSPS) is 10.2. The van der Waals surface area contributed by atoms with Crippen molar-refractivity contribution in [2.24, 2.45) is 0 Å². The van der Waals surface area contributed by atoms with Gasteiger partial charge in [-0.25, -0.2) is 0 Å². The van der Waals surface area contributed by atoms with Crippen LogP contribution >= 0.6 is 0 Å². The van der Waals surface area contributed by atoms with E-state index >= 15 is 0 Å². The monoisotopic (exact) mass is 374 g/mol. The second-order valence-electron chi connectivity index (χ2n) is 2.40. The van der Waals surface area contributed by atoms with Crippen molar-refractivity contribution < 1.29 is 0 Å². The number of hydrogen-bond donors (Lipinski definition) is 0. The van der Waals surface area contributed by atoms with Crippen molar-refractivity contribution in [2.45, 2.75) is 44.6 Å². The Kier molecular flexibility index (Phi) is 12.2. The van der Waals surface area contributed by atoms with Gasteiger partial charge in [-0.2, -0.15) is 0 Å². The van der Waals surface area contributed by atoms with E-state index in [4.69, 9.17) is 0 Å². The predicted octanol–water partition coefficient (Wildman–Crippen LogP) is 2.89. The molecule has 62 valence electrons. The molecule has 0 atom stereocenters. The molecule has 0 aromatic rings. The zero-order valence-electron chi connectivity index (χ0n) is 7.06. The minimum absolute atomic E-state index is 0.446. The summed E-state index contributed by atoms with van der Waals surface area (Å²) in [6, 6.07) is 0. The zero-order valence-corrected chi connectivity index (χ0v) is 11.7. The Morgan fingerprint density at radius 2 is 1.10 bits per heavy atom. The van der Waals surface area contributed by atoms with Crippen LogP contribution in [0.5, 0.6) is 0 Å². The van der Waals surface area contributed by atoms with Gasteiger partial charge in [-0.15, -0.1) is 0 Å². The molecule has 0 amide bonds. The predicted molar refractivity (Wildman–Crippen MR) is 51.3 cm³/mol. The molecule has 0 aliphatic rings. The number of rotatable bonds is 7. The van der Waals surface area contributed by atoms with Crippen LogP contribution in [-0.4, -0.2) is 41.8 Å². The van der Waals surface area contributed by atoms with Crippen LogP contribution in [0.4, 0.5) is 0 Å². The molecule has 0 N–H and O–H groups in total. The molecule has 0 aliphatic heterocycles. The molecule has 0 radical (unpaired) electrons. The summed E-state index contributed by atoms with van der Waals surface area (Å²) in [6.45, 7) is 0. The van der Waals surface area contributed by atoms with E-state index < -0.39 is 0 Å². The molecule has 0 fully saturated rings. The molecule has 0 aromatic carbocycles. The van der Waals surface area contributed by atoms with Crippen LogP contribution < -0.4 is 0 Å². The second-order valence-corrected chi connectivity index (χ2v) is 8.03. The molecule has 0 nitrogen and oxygen atoms in total. The molecule has 0 saturated carbocycles. The van der Waals surface area contributed by atoms with Crippen molar-refractivity contribution in [1.82, 2.24) is 0 Å². The van der Waals surface area contributed by atoms with Gasteiger partial charge in [0.15, 0.2) is 0 Å². The van der Waals surface area contributed by atoms with Gasteiger partial charge in [0, 0.05) is 0 Å². The van der Waals surface area contributed by atoms with Crippen LogP contribution in [0.2, 0.25) is 18.9 Å². The summed E-state index contributed by atoms with van der Waals surface area (Å²) in [4.78, 5) is 4.81. The van der Waals surface area contributed by atoms with Gasteiger partial charge in [-0.05, 0) is 0 Å². The second kappa shape index (κ2) is 10.6. The van der Waals surface area contributed by atoms with Crippen LogP contribution in [0.25, 0.3) is 0 Å². The third-order valence-corrected chi connectivity index (χ3v) is 5.43. The standard InChI is InChI=1S/C8H18Te2/c1-9-7-5-3-4-6-8-10-2/h3-8H2,1-2H3. The molecule has 0 unspecified atom stereocenters. The summed E-state index contributed by atoms with van der Waals surface area (Å²) >= 11 is 0.893. The van der Waals surface area contributed by atoms with E-state index in [-0.39, 0.29) is 0 Å². The fourth-order valence-electron chi connectivity index (χ4n) is 0.846. The van der Waals surface area contributed by atoms with Crippen LogP contribution in [0.1, 0.15) is 25.7 Å². The number of unbranched alkanes of at least 4 members (excludes halogenated alkanes) is 3. The first-order valence-electron chi connectivity index (χ1n) is 3.89. The fraction of sp³-hybridized carbons (Fsp3) is 1.00. The third kappa shape index (κ3) is 9.58. The third-order valence-electron chi connectivity index (χ3n) is 1.45. The van der Waals surface area contributed by atoms with E-state index in [1.807, 2.05) is 0 Å². The van der Waals surface area contributed by atoms with E-state index in [0.29, 0.717) is 41.8 Å². The molecule has 0 aromatic heterocycles. The first-order valence-corrected chi connectivity index (χ1v) is 11.9. The van der Waals surface area contributed by atoms with Crippen molar-refractivity contribution in [3.05, 3.63) is 0 Å². The molecular formula is C8H18Te2. The summed E-state index contributed by atoms with van der Waals surface area (Å²) < 4.78 is 3.15. The Labute approximate surface area is 85.7 Å². The van der Waals surface area contributed by atoms with Gasteiger partial charge < -0.3 is 0 Å². The Bertz CT molecular complexity index is 47.2. The average Bonchev–Trinajstić information content (AvgIpc) is 1.97. The molecule has 0 rings (SSSR count). The van der Waals surface area contributed by atoms with Crippen LogP contribution in [0, 0.1) is 0 Å². The van der Waals surface area contributed by atoms with Crippen molar-refractivity contribution in [1.29, 1.82) is 0 Å². The van der Waals surface area contributed by atoms with Crippen molar-refractivity contribution in [2.75, 3.05) is 0 Å². The fourth-order valence-corrected chi connectivity index (χ4v) is 3.66. The van der Waals surface area contributed by atoms with Gasteiger partial charge in [-0.3, -0.25) is 0 Å². The molecule has 0 bridgehead atoms. The SMILES string of the molecule is C[Te]CCCCCC[Te]C. The van der Waals surface area contributed by atoms with Gasteiger partial charge >= 0.3 is 86.4 Å². The summed E-state index contributed by atoms with van der Waals surface area (Å²) in [5.41, 5.74) is 0. The zero-order chi connectivity index (χ0) is 7.66. The maximum absolute atomic E-state index is 2.41. The molecule has 2 heteroatoms. The Morgan fingerprint density at radius 3 is 1.40 bits per heavy atom. The molecule has 0 saturated heterocycles. The number of hydrogen-bond acceptors (Lipinski definition) is 0. The molecular weight excluding hydrogens is 351 g/mol. The Hall–Kier alpha value is 1.58. The van der Waals surface area contributed by atoms with Crippen molar-refractivity contribution in [3.63, 3.8) is 0 Å². The van der Waals surface area contributed by atoms with E-state index in [1.54, 1.807) is 8.94 Å². The summed E-state index contributed by atoms with van der Waals surface area (Å²) in [5, 5.41) is 0. The van der Waals surface area contributed by atoms with Gasteiger partial charge in [0.1, 0.15) is 0 Å². The van der Waals surface area contributed by atoms with E-state index in [0.717, 1.165) is 0 Å². The van der Waals surface area contributed by atoms with Gasteiger partial charge in [0.05, 0.1) is 0 Å². The van der Waals surface area contributed by atoms with Gasteiger partial charge in [0.25, 0.3) is 0 Å². The van der Waals surface area contributed by atoms with Crippen molar-refractivity contribution >= 4 is 41.8 Å². The van der Waals surface area contributed by atoms with Gasteiger partial charge in [0.2, 0.25) is 0 Å². The summed E-state index contributed by atoms with van der Waals surface area (Å²) in [7, 11) is 0. The first kappa shape index (κ1) is 11.6.